The number of hydrogen-bond donors (Lipinski definition) is 3. The van der Waals surface area contributed by atoms with Crippen LogP contribution in [0.25, 0.3) is 10.9 Å². The number of fused-ring (bicyclic) bond motifs is 2. The molecule has 4 heteroatoms. The molecule has 0 saturated carbocycles. The van der Waals surface area contributed by atoms with Crippen LogP contribution >= 0.6 is 0 Å². The molecule has 2 heterocycles. The van der Waals surface area contributed by atoms with Crippen LogP contribution in [0.4, 0.5) is 0 Å². The molecule has 2 unspecified atom stereocenters. The van der Waals surface area contributed by atoms with Gasteiger partial charge >= 0.3 is 0 Å². The highest BCUT2D eigenvalue weighted by molar-refractivity contribution is 5.90. The van der Waals surface area contributed by atoms with Crippen molar-refractivity contribution in [3.63, 3.8) is 0 Å². The fourth-order valence-corrected chi connectivity index (χ4v) is 4.24. The molecule has 4 N–H and O–H groups in total. The van der Waals surface area contributed by atoms with E-state index in [-0.39, 0.29) is 11.8 Å². The van der Waals surface area contributed by atoms with Gasteiger partial charge in [0, 0.05) is 41.5 Å². The number of hydrogen-bond acceptors (Lipinski definition) is 2. The average Bonchev–Trinajstić information content (AvgIpc) is 2.87. The van der Waals surface area contributed by atoms with Gasteiger partial charge in [-0.2, -0.15) is 0 Å². The van der Waals surface area contributed by atoms with E-state index in [2.05, 4.69) is 35.1 Å². The largest absolute Gasteiger partial charge is 0.369 e. The van der Waals surface area contributed by atoms with Crippen LogP contribution in [0.3, 0.4) is 0 Å². The minimum atomic E-state index is -0.190. The van der Waals surface area contributed by atoms with Gasteiger partial charge in [0.2, 0.25) is 5.91 Å². The van der Waals surface area contributed by atoms with Crippen LogP contribution in [0, 0.1) is 5.92 Å². The summed E-state index contributed by atoms with van der Waals surface area (Å²) in [4.78, 5) is 15.1. The molecule has 0 bridgehead atoms. The molecule has 0 spiro atoms. The first kappa shape index (κ1) is 13.6. The van der Waals surface area contributed by atoms with Gasteiger partial charge in [-0.05, 0) is 30.0 Å². The summed E-state index contributed by atoms with van der Waals surface area (Å²) < 4.78 is 0. The van der Waals surface area contributed by atoms with E-state index in [1.807, 2.05) is 6.08 Å². The average molecular weight is 295 g/mol. The number of H-pyrrole nitrogens is 1. The molecule has 1 aromatic carbocycles. The minimum absolute atomic E-state index is 0.0651. The summed E-state index contributed by atoms with van der Waals surface area (Å²) in [7, 11) is 0. The summed E-state index contributed by atoms with van der Waals surface area (Å²) in [6.07, 6.45) is 4.68. The van der Waals surface area contributed by atoms with Gasteiger partial charge in [-0.25, -0.2) is 0 Å². The van der Waals surface area contributed by atoms with Gasteiger partial charge < -0.3 is 16.0 Å². The molecule has 4 nitrogen and oxygen atoms in total. The first-order valence-electron chi connectivity index (χ1n) is 7.95. The Bertz CT molecular complexity index is 761. The normalized spacial score (nSPS) is 26.6. The van der Waals surface area contributed by atoms with Crippen molar-refractivity contribution in [2.75, 3.05) is 6.54 Å². The Morgan fingerprint density at radius 2 is 2.32 bits per heavy atom. The Hall–Kier alpha value is -2.07. The zero-order valence-corrected chi connectivity index (χ0v) is 12.6. The van der Waals surface area contributed by atoms with Crippen LogP contribution in [0.15, 0.2) is 30.9 Å². The molecular formula is C18H21N3O. The molecule has 1 saturated heterocycles. The van der Waals surface area contributed by atoms with E-state index in [4.69, 9.17) is 5.73 Å². The smallest absolute Gasteiger partial charge is 0.221 e. The fraction of sp³-hybridized carbons (Fsp3) is 0.389. The summed E-state index contributed by atoms with van der Waals surface area (Å²) in [6, 6.07) is 6.84. The Kier molecular flexibility index (Phi) is 3.08. The Balaban J connectivity index is 1.84. The number of carbonyl (C=O) groups excluding carboxylic acids is 1. The van der Waals surface area contributed by atoms with Crippen LogP contribution in [-0.2, 0) is 17.6 Å². The third kappa shape index (κ3) is 1.91. The predicted molar refractivity (Wildman–Crippen MR) is 87.7 cm³/mol. The quantitative estimate of drug-likeness (QED) is 0.758. The van der Waals surface area contributed by atoms with E-state index in [1.54, 1.807) is 0 Å². The topological polar surface area (TPSA) is 70.9 Å². The highest BCUT2D eigenvalue weighted by Gasteiger charge is 2.38. The number of nitrogens with one attached hydrogen (secondary N) is 2. The van der Waals surface area contributed by atoms with Gasteiger partial charge in [-0.1, -0.05) is 18.2 Å². The second kappa shape index (κ2) is 4.99. The molecule has 0 radical (unpaired) electrons. The second-order valence-electron chi connectivity index (χ2n) is 6.51. The van der Waals surface area contributed by atoms with Crippen molar-refractivity contribution in [1.82, 2.24) is 10.3 Å². The fourth-order valence-electron chi connectivity index (χ4n) is 4.24. The SMILES string of the molecule is C=CCc1[nH]c2cccc3c2c1C[C@H]1NCC(C(N)=O)CC31. The summed E-state index contributed by atoms with van der Waals surface area (Å²) in [5, 5.41) is 4.91. The molecule has 4 rings (SSSR count). The highest BCUT2D eigenvalue weighted by atomic mass is 16.1. The predicted octanol–water partition coefficient (Wildman–Crippen LogP) is 2.00. The van der Waals surface area contributed by atoms with Gasteiger partial charge in [0.25, 0.3) is 0 Å². The number of aromatic nitrogens is 1. The maximum absolute atomic E-state index is 11.6. The number of carbonyl (C=O) groups is 1. The molecular weight excluding hydrogens is 274 g/mol. The molecule has 3 atom stereocenters. The van der Waals surface area contributed by atoms with Crippen LogP contribution in [0.1, 0.15) is 29.2 Å². The van der Waals surface area contributed by atoms with Crippen molar-refractivity contribution in [3.05, 3.63) is 47.7 Å². The zero-order chi connectivity index (χ0) is 15.3. The van der Waals surface area contributed by atoms with E-state index in [9.17, 15) is 4.79 Å². The molecule has 2 aliphatic rings. The summed E-state index contributed by atoms with van der Waals surface area (Å²) in [5.74, 6) is 0.116. The van der Waals surface area contributed by atoms with Crippen molar-refractivity contribution in [1.29, 1.82) is 0 Å². The molecule has 2 aromatic rings. The first-order valence-corrected chi connectivity index (χ1v) is 7.95. The second-order valence-corrected chi connectivity index (χ2v) is 6.51. The number of primary amides is 1. The van der Waals surface area contributed by atoms with Gasteiger partial charge in [-0.3, -0.25) is 4.79 Å². The number of allylic oxidation sites excluding steroid dienone is 1. The van der Waals surface area contributed by atoms with E-state index < -0.39 is 0 Å². The molecule has 22 heavy (non-hydrogen) atoms. The van der Waals surface area contributed by atoms with Crippen molar-refractivity contribution >= 4 is 16.8 Å². The van der Waals surface area contributed by atoms with Crippen LogP contribution in [-0.4, -0.2) is 23.5 Å². The van der Waals surface area contributed by atoms with Gasteiger partial charge in [0.05, 0.1) is 5.92 Å². The van der Waals surface area contributed by atoms with Gasteiger partial charge in [0.1, 0.15) is 0 Å². The van der Waals surface area contributed by atoms with Crippen molar-refractivity contribution in [3.8, 4) is 0 Å². The number of benzene rings is 1. The third-order valence-corrected chi connectivity index (χ3v) is 5.27. The molecule has 114 valence electrons. The standard InChI is InChI=1S/C18H21N3O/c1-2-4-14-13-8-16-12(7-10(9-20-16)18(19)22)11-5-3-6-15(21-14)17(11)13/h2-3,5-6,10,12,16,20-21H,1,4,7-9H2,(H2,19,22)/t10?,12?,16-/m1/s1. The lowest BCUT2D eigenvalue weighted by atomic mass is 9.72. The maximum atomic E-state index is 11.6. The van der Waals surface area contributed by atoms with E-state index in [0.29, 0.717) is 18.5 Å². The van der Waals surface area contributed by atoms with Crippen molar-refractivity contribution < 1.29 is 4.79 Å². The lowest BCUT2D eigenvalue weighted by molar-refractivity contribution is -0.122. The molecule has 1 amide bonds. The Labute approximate surface area is 129 Å². The number of rotatable bonds is 3. The van der Waals surface area contributed by atoms with Crippen LogP contribution in [0.5, 0.6) is 0 Å². The molecule has 1 aliphatic carbocycles. The third-order valence-electron chi connectivity index (χ3n) is 5.27. The lowest BCUT2D eigenvalue weighted by Crippen LogP contribution is -2.49. The molecule has 1 aromatic heterocycles. The van der Waals surface area contributed by atoms with Gasteiger partial charge in [0.15, 0.2) is 0 Å². The Morgan fingerprint density at radius 3 is 3.09 bits per heavy atom. The Morgan fingerprint density at radius 1 is 1.45 bits per heavy atom. The zero-order valence-electron chi connectivity index (χ0n) is 12.6. The monoisotopic (exact) mass is 295 g/mol. The number of aromatic amines is 1. The molecule has 1 fully saturated rings. The molecule has 1 aliphatic heterocycles. The van der Waals surface area contributed by atoms with E-state index in [1.165, 1.54) is 27.7 Å². The summed E-state index contributed by atoms with van der Waals surface area (Å²) in [5.41, 5.74) is 10.8. The van der Waals surface area contributed by atoms with E-state index >= 15 is 0 Å². The summed E-state index contributed by atoms with van der Waals surface area (Å²) >= 11 is 0. The highest BCUT2D eigenvalue weighted by Crippen LogP contribution is 2.43. The van der Waals surface area contributed by atoms with E-state index in [0.717, 1.165) is 19.3 Å². The summed E-state index contributed by atoms with van der Waals surface area (Å²) in [6.45, 7) is 4.56. The maximum Gasteiger partial charge on any atom is 0.221 e. The van der Waals surface area contributed by atoms with Crippen LogP contribution < -0.4 is 11.1 Å². The first-order chi connectivity index (χ1) is 10.7. The number of piperidine rings is 1. The number of nitrogens with two attached hydrogens (primary N) is 1. The van der Waals surface area contributed by atoms with Crippen molar-refractivity contribution in [2.45, 2.75) is 31.2 Å². The minimum Gasteiger partial charge on any atom is -0.369 e. The number of amides is 1. The lowest BCUT2D eigenvalue weighted by Gasteiger charge is -2.39. The van der Waals surface area contributed by atoms with Crippen molar-refractivity contribution in [2.24, 2.45) is 11.7 Å². The van der Waals surface area contributed by atoms with Gasteiger partial charge in [-0.15, -0.1) is 6.58 Å². The van der Waals surface area contributed by atoms with Crippen LogP contribution in [0.2, 0.25) is 0 Å².